The Kier molecular flexibility index (Phi) is 5.08. The van der Waals surface area contributed by atoms with E-state index in [9.17, 15) is 4.79 Å². The van der Waals surface area contributed by atoms with E-state index in [2.05, 4.69) is 9.97 Å². The van der Waals surface area contributed by atoms with Gasteiger partial charge in [0, 0.05) is 31.5 Å². The smallest absolute Gasteiger partial charge is 0.272 e. The summed E-state index contributed by atoms with van der Waals surface area (Å²) in [6.45, 7) is 3.56. The van der Waals surface area contributed by atoms with Crippen molar-refractivity contribution in [2.75, 3.05) is 25.0 Å². The van der Waals surface area contributed by atoms with Gasteiger partial charge in [-0.05, 0) is 38.0 Å². The third-order valence-corrected chi connectivity index (χ3v) is 4.40. The number of amides is 1. The van der Waals surface area contributed by atoms with Gasteiger partial charge in [-0.3, -0.25) is 4.79 Å². The molecule has 0 spiro atoms. The zero-order chi connectivity index (χ0) is 16.9. The van der Waals surface area contributed by atoms with Gasteiger partial charge in [-0.1, -0.05) is 31.0 Å². The van der Waals surface area contributed by atoms with Gasteiger partial charge in [0.1, 0.15) is 5.69 Å². The van der Waals surface area contributed by atoms with Crippen molar-refractivity contribution in [3.05, 3.63) is 47.8 Å². The summed E-state index contributed by atoms with van der Waals surface area (Å²) in [6, 6.07) is 11.7. The maximum absolute atomic E-state index is 12.8. The summed E-state index contributed by atoms with van der Waals surface area (Å²) in [7, 11) is 1.92. The van der Waals surface area contributed by atoms with E-state index in [1.165, 1.54) is 12.8 Å². The Balaban J connectivity index is 1.87. The van der Waals surface area contributed by atoms with Crippen molar-refractivity contribution < 1.29 is 4.79 Å². The summed E-state index contributed by atoms with van der Waals surface area (Å²) in [5.74, 6) is 0.574. The minimum Gasteiger partial charge on any atom is -0.337 e. The fourth-order valence-corrected chi connectivity index (χ4v) is 3.02. The number of benzene rings is 1. The molecule has 1 amide bonds. The van der Waals surface area contributed by atoms with Gasteiger partial charge in [0.25, 0.3) is 5.91 Å². The van der Waals surface area contributed by atoms with Crippen LogP contribution in [0.2, 0.25) is 0 Å². The molecule has 0 atom stereocenters. The van der Waals surface area contributed by atoms with E-state index >= 15 is 0 Å². The van der Waals surface area contributed by atoms with Gasteiger partial charge in [-0.2, -0.15) is 0 Å². The molecule has 0 unspecified atom stereocenters. The zero-order valence-corrected chi connectivity index (χ0v) is 14.4. The van der Waals surface area contributed by atoms with Gasteiger partial charge < -0.3 is 9.80 Å². The Morgan fingerprint density at radius 2 is 1.71 bits per heavy atom. The topological polar surface area (TPSA) is 49.3 Å². The lowest BCUT2D eigenvalue weighted by Crippen LogP contribution is -2.33. The quantitative estimate of drug-likeness (QED) is 0.866. The SMILES string of the molecule is Cc1cc(C(=O)N2CCCCCC2)nc(N(C)c2ccccc2)n1. The Labute approximate surface area is 143 Å². The lowest BCUT2D eigenvalue weighted by atomic mass is 10.2. The molecular formula is C19H24N4O. The van der Waals surface area contributed by atoms with Crippen molar-refractivity contribution in [3.63, 3.8) is 0 Å². The van der Waals surface area contributed by atoms with Crippen LogP contribution in [0.1, 0.15) is 41.9 Å². The van der Waals surface area contributed by atoms with Crippen LogP contribution in [0, 0.1) is 6.92 Å². The normalized spacial score (nSPS) is 15.0. The highest BCUT2D eigenvalue weighted by Gasteiger charge is 2.20. The molecule has 0 radical (unpaired) electrons. The van der Waals surface area contributed by atoms with Crippen LogP contribution in [0.4, 0.5) is 11.6 Å². The van der Waals surface area contributed by atoms with Crippen LogP contribution in [-0.4, -0.2) is 40.9 Å². The number of anilines is 2. The predicted octanol–water partition coefficient (Wildman–Crippen LogP) is 3.57. The third kappa shape index (κ3) is 3.72. The number of carbonyl (C=O) groups excluding carboxylic acids is 1. The van der Waals surface area contributed by atoms with Gasteiger partial charge in [-0.15, -0.1) is 0 Å². The molecule has 5 heteroatoms. The van der Waals surface area contributed by atoms with Crippen LogP contribution in [0.25, 0.3) is 0 Å². The van der Waals surface area contributed by atoms with Crippen LogP contribution >= 0.6 is 0 Å². The number of hydrogen-bond donors (Lipinski definition) is 0. The molecule has 1 aliphatic heterocycles. The molecule has 1 aromatic heterocycles. The molecule has 1 aromatic carbocycles. The number of aromatic nitrogens is 2. The number of hydrogen-bond acceptors (Lipinski definition) is 4. The molecule has 5 nitrogen and oxygen atoms in total. The van der Waals surface area contributed by atoms with E-state index in [0.29, 0.717) is 11.6 Å². The van der Waals surface area contributed by atoms with E-state index in [1.807, 2.05) is 54.1 Å². The summed E-state index contributed by atoms with van der Waals surface area (Å²) in [4.78, 5) is 25.7. The summed E-state index contributed by atoms with van der Waals surface area (Å²) in [5.41, 5.74) is 2.29. The van der Waals surface area contributed by atoms with Crippen molar-refractivity contribution in [2.45, 2.75) is 32.6 Å². The Morgan fingerprint density at radius 3 is 2.38 bits per heavy atom. The van der Waals surface area contributed by atoms with Crippen molar-refractivity contribution in [3.8, 4) is 0 Å². The van der Waals surface area contributed by atoms with Crippen molar-refractivity contribution in [1.29, 1.82) is 0 Å². The third-order valence-electron chi connectivity index (χ3n) is 4.40. The first-order valence-corrected chi connectivity index (χ1v) is 8.59. The van der Waals surface area contributed by atoms with Gasteiger partial charge in [0.05, 0.1) is 0 Å². The molecule has 126 valence electrons. The number of likely N-dealkylation sites (tertiary alicyclic amines) is 1. The molecule has 24 heavy (non-hydrogen) atoms. The predicted molar refractivity (Wildman–Crippen MR) is 95.6 cm³/mol. The fraction of sp³-hybridized carbons (Fsp3) is 0.421. The Bertz CT molecular complexity index is 694. The summed E-state index contributed by atoms with van der Waals surface area (Å²) in [5, 5.41) is 0. The highest BCUT2D eigenvalue weighted by molar-refractivity contribution is 5.92. The second kappa shape index (κ2) is 7.43. The number of rotatable bonds is 3. The minimum absolute atomic E-state index is 0.0186. The van der Waals surface area contributed by atoms with Crippen molar-refractivity contribution in [2.24, 2.45) is 0 Å². The highest BCUT2D eigenvalue weighted by Crippen LogP contribution is 2.21. The monoisotopic (exact) mass is 324 g/mol. The first kappa shape index (κ1) is 16.4. The second-order valence-electron chi connectivity index (χ2n) is 6.30. The zero-order valence-electron chi connectivity index (χ0n) is 14.4. The van der Waals surface area contributed by atoms with E-state index < -0.39 is 0 Å². The van der Waals surface area contributed by atoms with E-state index in [1.54, 1.807) is 6.07 Å². The summed E-state index contributed by atoms with van der Waals surface area (Å²) >= 11 is 0. The molecular weight excluding hydrogens is 300 g/mol. The molecule has 1 aliphatic rings. The lowest BCUT2D eigenvalue weighted by Gasteiger charge is -2.22. The molecule has 3 rings (SSSR count). The van der Waals surface area contributed by atoms with Crippen LogP contribution in [0.3, 0.4) is 0 Å². The number of para-hydroxylation sites is 1. The van der Waals surface area contributed by atoms with Gasteiger partial charge >= 0.3 is 0 Å². The summed E-state index contributed by atoms with van der Waals surface area (Å²) < 4.78 is 0. The average molecular weight is 324 g/mol. The fourth-order valence-electron chi connectivity index (χ4n) is 3.02. The number of carbonyl (C=O) groups is 1. The van der Waals surface area contributed by atoms with Crippen LogP contribution < -0.4 is 4.90 Å². The van der Waals surface area contributed by atoms with Gasteiger partial charge in [-0.25, -0.2) is 9.97 Å². The molecule has 0 N–H and O–H groups in total. The van der Waals surface area contributed by atoms with Crippen molar-refractivity contribution in [1.82, 2.24) is 14.9 Å². The molecule has 2 aromatic rings. The molecule has 0 aliphatic carbocycles. The number of nitrogens with zero attached hydrogens (tertiary/aromatic N) is 4. The molecule has 0 bridgehead atoms. The van der Waals surface area contributed by atoms with Gasteiger partial charge in [0.15, 0.2) is 0 Å². The van der Waals surface area contributed by atoms with E-state index in [4.69, 9.17) is 0 Å². The van der Waals surface area contributed by atoms with Crippen molar-refractivity contribution >= 4 is 17.5 Å². The van der Waals surface area contributed by atoms with Crippen LogP contribution in [0.15, 0.2) is 36.4 Å². The Hall–Kier alpha value is -2.43. The largest absolute Gasteiger partial charge is 0.337 e. The maximum Gasteiger partial charge on any atom is 0.272 e. The van der Waals surface area contributed by atoms with Gasteiger partial charge in [0.2, 0.25) is 5.95 Å². The first-order valence-electron chi connectivity index (χ1n) is 8.59. The maximum atomic E-state index is 12.8. The standard InChI is InChI=1S/C19H24N4O/c1-15-14-17(18(24)23-12-8-3-4-9-13-23)21-19(20-15)22(2)16-10-6-5-7-11-16/h5-7,10-11,14H,3-4,8-9,12-13H2,1-2H3. The highest BCUT2D eigenvalue weighted by atomic mass is 16.2. The van der Waals surface area contributed by atoms with E-state index in [0.717, 1.165) is 37.3 Å². The lowest BCUT2D eigenvalue weighted by molar-refractivity contribution is 0.0755. The Morgan fingerprint density at radius 1 is 1.04 bits per heavy atom. The second-order valence-corrected chi connectivity index (χ2v) is 6.30. The molecule has 1 fully saturated rings. The van der Waals surface area contributed by atoms with Crippen LogP contribution in [0.5, 0.6) is 0 Å². The first-order chi connectivity index (χ1) is 11.6. The van der Waals surface area contributed by atoms with E-state index in [-0.39, 0.29) is 5.91 Å². The minimum atomic E-state index is 0.0186. The average Bonchev–Trinajstić information content (AvgIpc) is 2.90. The summed E-state index contributed by atoms with van der Waals surface area (Å²) in [6.07, 6.45) is 4.56. The molecule has 0 saturated carbocycles. The molecule has 1 saturated heterocycles. The number of aryl methyl sites for hydroxylation is 1. The van der Waals surface area contributed by atoms with Crippen LogP contribution in [-0.2, 0) is 0 Å². The molecule has 2 heterocycles.